The molecule has 0 unspecified atom stereocenters. The van der Waals surface area contributed by atoms with Crippen molar-refractivity contribution in [1.82, 2.24) is 14.8 Å². The van der Waals surface area contributed by atoms with Crippen molar-refractivity contribution in [3.63, 3.8) is 0 Å². The summed E-state index contributed by atoms with van der Waals surface area (Å²) in [4.78, 5) is 0. The van der Waals surface area contributed by atoms with Crippen LogP contribution in [0.4, 0.5) is 0 Å². The molecule has 1 aromatic heterocycles. The van der Waals surface area contributed by atoms with E-state index in [9.17, 15) is 8.42 Å². The van der Waals surface area contributed by atoms with Crippen molar-refractivity contribution >= 4 is 19.7 Å². The number of rotatable bonds is 3. The van der Waals surface area contributed by atoms with Crippen LogP contribution < -0.4 is 0 Å². The molecular weight excluding hydrogens is 300 g/mol. The van der Waals surface area contributed by atoms with Gasteiger partial charge >= 0.3 is 0 Å². The predicted molar refractivity (Wildman–Crippen MR) is 71.5 cm³/mol. The van der Waals surface area contributed by atoms with E-state index in [1.807, 2.05) is 6.07 Å². The zero-order valence-corrected chi connectivity index (χ0v) is 11.8. The van der Waals surface area contributed by atoms with Gasteiger partial charge in [0.25, 0.3) is 14.2 Å². The monoisotopic (exact) mass is 308 g/mol. The topological polar surface area (TPSA) is 88.6 Å². The zero-order chi connectivity index (χ0) is 14.3. The average molecular weight is 309 g/mol. The zero-order valence-electron chi connectivity index (χ0n) is 10.2. The molecule has 1 aliphatic rings. The van der Waals surface area contributed by atoms with E-state index in [1.54, 1.807) is 28.8 Å². The van der Waals surface area contributed by atoms with Gasteiger partial charge in [-0.05, 0) is 37.1 Å². The molecule has 0 N–H and O–H groups in total. The predicted octanol–water partition coefficient (Wildman–Crippen LogP) is 2.08. The fraction of sp³-hybridized carbons (Fsp3) is 0.250. The summed E-state index contributed by atoms with van der Waals surface area (Å²) in [5, 5.41) is 16.2. The molecule has 0 radical (unpaired) electrons. The number of nitriles is 1. The lowest BCUT2D eigenvalue weighted by Gasteiger charge is -2.07. The molecule has 0 aliphatic heterocycles. The second kappa shape index (κ2) is 4.58. The van der Waals surface area contributed by atoms with Crippen LogP contribution in [-0.4, -0.2) is 23.2 Å². The summed E-state index contributed by atoms with van der Waals surface area (Å²) in [6.45, 7) is 0. The van der Waals surface area contributed by atoms with E-state index < -0.39 is 9.05 Å². The Bertz CT molecular complexity index is 801. The van der Waals surface area contributed by atoms with Crippen LogP contribution in [0.2, 0.25) is 0 Å². The number of aromatic nitrogens is 3. The van der Waals surface area contributed by atoms with Gasteiger partial charge < -0.3 is 0 Å². The van der Waals surface area contributed by atoms with Crippen LogP contribution in [0.15, 0.2) is 29.4 Å². The standard InChI is InChI=1S/C12H9ClN4O2S/c13-20(18,19)12-16-15-11(17(12)10-5-6-10)9-3-1-8(7-14)2-4-9/h1-4,10H,5-6H2. The first-order valence-electron chi connectivity index (χ1n) is 5.91. The van der Waals surface area contributed by atoms with E-state index in [0.29, 0.717) is 17.0 Å². The van der Waals surface area contributed by atoms with Crippen molar-refractivity contribution in [2.75, 3.05) is 0 Å². The second-order valence-electron chi connectivity index (χ2n) is 4.53. The number of hydrogen-bond acceptors (Lipinski definition) is 5. The fourth-order valence-corrected chi connectivity index (χ4v) is 2.92. The summed E-state index contributed by atoms with van der Waals surface area (Å²) < 4.78 is 24.6. The molecule has 1 heterocycles. The molecule has 2 aromatic rings. The Labute approximate surface area is 120 Å². The van der Waals surface area contributed by atoms with Crippen molar-refractivity contribution < 1.29 is 8.42 Å². The minimum absolute atomic E-state index is 0.0687. The van der Waals surface area contributed by atoms with Gasteiger partial charge in [0.1, 0.15) is 0 Å². The summed E-state index contributed by atoms with van der Waals surface area (Å²) >= 11 is 0. The van der Waals surface area contributed by atoms with E-state index in [0.717, 1.165) is 12.8 Å². The lowest BCUT2D eigenvalue weighted by molar-refractivity contribution is 0.579. The minimum Gasteiger partial charge on any atom is -0.294 e. The highest BCUT2D eigenvalue weighted by molar-refractivity contribution is 8.13. The number of hydrogen-bond donors (Lipinski definition) is 0. The normalized spacial score (nSPS) is 15.0. The number of benzene rings is 1. The Morgan fingerprint density at radius 1 is 1.25 bits per heavy atom. The van der Waals surface area contributed by atoms with Crippen LogP contribution in [-0.2, 0) is 9.05 Å². The molecular formula is C12H9ClN4O2S. The Hall–Kier alpha value is -1.91. The van der Waals surface area contributed by atoms with E-state index >= 15 is 0 Å². The van der Waals surface area contributed by atoms with E-state index in [-0.39, 0.29) is 11.2 Å². The molecule has 8 heteroatoms. The maximum Gasteiger partial charge on any atom is 0.296 e. The summed E-state index contributed by atoms with van der Waals surface area (Å²) in [5.41, 5.74) is 1.23. The van der Waals surface area contributed by atoms with Gasteiger partial charge in [0.05, 0.1) is 11.6 Å². The quantitative estimate of drug-likeness (QED) is 0.810. The summed E-state index contributed by atoms with van der Waals surface area (Å²) in [6, 6.07) is 8.82. The van der Waals surface area contributed by atoms with Gasteiger partial charge in [-0.3, -0.25) is 4.57 Å². The number of halogens is 1. The van der Waals surface area contributed by atoms with Crippen molar-refractivity contribution in [1.29, 1.82) is 5.26 Å². The Balaban J connectivity index is 2.14. The molecule has 102 valence electrons. The maximum atomic E-state index is 11.5. The van der Waals surface area contributed by atoms with E-state index in [4.69, 9.17) is 15.9 Å². The lowest BCUT2D eigenvalue weighted by atomic mass is 10.1. The third-order valence-electron chi connectivity index (χ3n) is 3.07. The van der Waals surface area contributed by atoms with Gasteiger partial charge in [0, 0.05) is 22.3 Å². The first kappa shape index (κ1) is 13.1. The Morgan fingerprint density at radius 3 is 2.40 bits per heavy atom. The average Bonchev–Trinajstić information content (AvgIpc) is 3.16. The smallest absolute Gasteiger partial charge is 0.294 e. The van der Waals surface area contributed by atoms with Crippen molar-refractivity contribution in [2.24, 2.45) is 0 Å². The molecule has 0 saturated heterocycles. The van der Waals surface area contributed by atoms with Gasteiger partial charge in [-0.2, -0.15) is 5.26 Å². The van der Waals surface area contributed by atoms with Crippen molar-refractivity contribution in [3.8, 4) is 17.5 Å². The molecule has 1 fully saturated rings. The summed E-state index contributed by atoms with van der Waals surface area (Å²) in [6.07, 6.45) is 1.75. The van der Waals surface area contributed by atoms with Crippen LogP contribution in [0.5, 0.6) is 0 Å². The molecule has 1 aromatic carbocycles. The van der Waals surface area contributed by atoms with E-state index in [2.05, 4.69) is 10.2 Å². The SMILES string of the molecule is N#Cc1ccc(-c2nnc(S(=O)(=O)Cl)n2C2CC2)cc1. The minimum atomic E-state index is -3.93. The Morgan fingerprint density at radius 2 is 1.90 bits per heavy atom. The molecule has 1 aliphatic carbocycles. The van der Waals surface area contributed by atoms with Gasteiger partial charge in [-0.1, -0.05) is 0 Å². The van der Waals surface area contributed by atoms with Crippen LogP contribution in [0.1, 0.15) is 24.4 Å². The van der Waals surface area contributed by atoms with E-state index in [1.165, 1.54) is 0 Å². The highest BCUT2D eigenvalue weighted by Crippen LogP contribution is 2.40. The maximum absolute atomic E-state index is 11.5. The molecule has 0 atom stereocenters. The van der Waals surface area contributed by atoms with Crippen LogP contribution in [0.25, 0.3) is 11.4 Å². The molecule has 20 heavy (non-hydrogen) atoms. The van der Waals surface area contributed by atoms with Crippen LogP contribution in [0.3, 0.4) is 0 Å². The Kier molecular flexibility index (Phi) is 3.00. The molecule has 3 rings (SSSR count). The van der Waals surface area contributed by atoms with Gasteiger partial charge in [0.15, 0.2) is 5.82 Å². The third kappa shape index (κ3) is 2.28. The lowest BCUT2D eigenvalue weighted by Crippen LogP contribution is -2.06. The largest absolute Gasteiger partial charge is 0.296 e. The molecule has 0 amide bonds. The number of nitrogens with zero attached hydrogens (tertiary/aromatic N) is 4. The first-order valence-corrected chi connectivity index (χ1v) is 8.22. The molecule has 0 bridgehead atoms. The highest BCUT2D eigenvalue weighted by Gasteiger charge is 2.34. The molecule has 1 saturated carbocycles. The van der Waals surface area contributed by atoms with Gasteiger partial charge in [-0.25, -0.2) is 8.42 Å². The van der Waals surface area contributed by atoms with Crippen LogP contribution >= 0.6 is 10.7 Å². The second-order valence-corrected chi connectivity index (χ2v) is 6.99. The van der Waals surface area contributed by atoms with Crippen LogP contribution in [0, 0.1) is 11.3 Å². The summed E-state index contributed by atoms with van der Waals surface area (Å²) in [5.74, 6) is 0.455. The molecule has 6 nitrogen and oxygen atoms in total. The first-order chi connectivity index (χ1) is 9.50. The van der Waals surface area contributed by atoms with Crippen molar-refractivity contribution in [2.45, 2.75) is 24.0 Å². The van der Waals surface area contributed by atoms with Crippen molar-refractivity contribution in [3.05, 3.63) is 29.8 Å². The highest BCUT2D eigenvalue weighted by atomic mass is 35.7. The fourth-order valence-electron chi connectivity index (χ4n) is 2.00. The van der Waals surface area contributed by atoms with Gasteiger partial charge in [0.2, 0.25) is 0 Å². The van der Waals surface area contributed by atoms with Gasteiger partial charge in [-0.15, -0.1) is 10.2 Å². The summed E-state index contributed by atoms with van der Waals surface area (Å²) in [7, 11) is 1.46. The molecule has 0 spiro atoms. The third-order valence-corrected chi connectivity index (χ3v) is 4.20.